The number of halogens is 2. The lowest BCUT2D eigenvalue weighted by atomic mass is 9.95. The van der Waals surface area contributed by atoms with Crippen LogP contribution in [0.3, 0.4) is 0 Å². The van der Waals surface area contributed by atoms with Crippen molar-refractivity contribution >= 4 is 34.8 Å². The predicted octanol–water partition coefficient (Wildman–Crippen LogP) is -0.943. The lowest BCUT2D eigenvalue weighted by Crippen LogP contribution is -2.45. The molecule has 0 unspecified atom stereocenters. The van der Waals surface area contributed by atoms with Gasteiger partial charge in [-0.3, -0.25) is 0 Å². The number of nitrogens with zero attached hydrogens (tertiary/aromatic N) is 5. The summed E-state index contributed by atoms with van der Waals surface area (Å²) < 4.78 is 4.29. The van der Waals surface area contributed by atoms with Gasteiger partial charge in [0.25, 0.3) is 5.88 Å². The van der Waals surface area contributed by atoms with Crippen LogP contribution in [0.2, 0.25) is 0 Å². The van der Waals surface area contributed by atoms with E-state index in [2.05, 4.69) is 15.1 Å². The fourth-order valence-electron chi connectivity index (χ4n) is 2.46. The Kier molecular flexibility index (Phi) is 3.51. The minimum absolute atomic E-state index is 0.0839. The molecule has 3 rings (SSSR count). The molecule has 5 N–H and O–H groups in total. The van der Waals surface area contributed by atoms with E-state index in [1.165, 1.54) is 0 Å². The molecule has 1 aliphatic rings. The maximum Gasteiger partial charge on any atom is 0.260 e. The van der Waals surface area contributed by atoms with Crippen molar-refractivity contribution in [2.24, 2.45) is 0 Å². The van der Waals surface area contributed by atoms with Gasteiger partial charge in [0, 0.05) is 0 Å². The minimum Gasteiger partial charge on any atom is -0.491 e. The van der Waals surface area contributed by atoms with Crippen LogP contribution in [-0.4, -0.2) is 58.0 Å². The highest BCUT2D eigenvalue weighted by molar-refractivity contribution is 6.50. The number of anilines is 1. The van der Waals surface area contributed by atoms with Gasteiger partial charge in [0.05, 0.1) is 12.8 Å². The summed E-state index contributed by atoms with van der Waals surface area (Å²) in [5.74, 6) is -0.821. The number of ether oxygens (including phenoxy) is 1. The van der Waals surface area contributed by atoms with Gasteiger partial charge in [-0.1, -0.05) is 23.2 Å². The largest absolute Gasteiger partial charge is 0.491 e. The maximum atomic E-state index is 10.1. The zero-order valence-corrected chi connectivity index (χ0v) is 12.8. The molecule has 2 aromatic heterocycles. The maximum absolute atomic E-state index is 10.1. The summed E-state index contributed by atoms with van der Waals surface area (Å²) in [5.41, 5.74) is 3.16. The van der Waals surface area contributed by atoms with Gasteiger partial charge in [0.1, 0.15) is 24.0 Å². The molecule has 3 atom stereocenters. The SMILES string of the molecule is N#C[C@@]1(c2cnc3c(O)nc(N)nn23)O[C@H](CO)[C@H](O)C1(Cl)Cl. The molecule has 0 aromatic carbocycles. The van der Waals surface area contributed by atoms with E-state index in [1.54, 1.807) is 6.07 Å². The first-order valence-electron chi connectivity index (χ1n) is 6.25. The lowest BCUT2D eigenvalue weighted by molar-refractivity contribution is -0.0524. The van der Waals surface area contributed by atoms with Crippen molar-refractivity contribution in [3.8, 4) is 11.9 Å². The highest BCUT2D eigenvalue weighted by atomic mass is 35.5. The number of hydrogen-bond acceptors (Lipinski definition) is 9. The third kappa shape index (κ3) is 1.95. The Morgan fingerprint density at radius 2 is 2.22 bits per heavy atom. The topological polar surface area (TPSA) is 163 Å². The molecule has 0 spiro atoms. The number of alkyl halides is 2. The Balaban J connectivity index is 2.29. The highest BCUT2D eigenvalue weighted by Gasteiger charge is 2.67. The highest BCUT2D eigenvalue weighted by Crippen LogP contribution is 2.53. The van der Waals surface area contributed by atoms with Crippen LogP contribution in [0.4, 0.5) is 5.95 Å². The predicted molar refractivity (Wildman–Crippen MR) is 76.6 cm³/mol. The number of rotatable bonds is 2. The monoisotopic (exact) mass is 360 g/mol. The molecule has 0 saturated carbocycles. The van der Waals surface area contributed by atoms with Gasteiger partial charge in [0.15, 0.2) is 4.33 Å². The molecule has 0 radical (unpaired) electrons. The quantitative estimate of drug-likeness (QED) is 0.494. The average molecular weight is 361 g/mol. The number of nitriles is 1. The third-order valence-electron chi connectivity index (χ3n) is 3.58. The Morgan fingerprint density at radius 1 is 1.52 bits per heavy atom. The zero-order valence-electron chi connectivity index (χ0n) is 11.3. The molecular weight excluding hydrogens is 351 g/mol. The lowest BCUT2D eigenvalue weighted by Gasteiger charge is -2.29. The first kappa shape index (κ1) is 16.0. The van der Waals surface area contributed by atoms with E-state index in [0.29, 0.717) is 0 Å². The summed E-state index contributed by atoms with van der Waals surface area (Å²) in [6.07, 6.45) is -1.63. The van der Waals surface area contributed by atoms with E-state index < -0.39 is 34.6 Å². The van der Waals surface area contributed by atoms with E-state index in [9.17, 15) is 20.6 Å². The number of imidazole rings is 1. The Bertz CT molecular complexity index is 821. The normalized spacial score (nSPS) is 29.7. The van der Waals surface area contributed by atoms with Crippen molar-refractivity contribution in [3.63, 3.8) is 0 Å². The summed E-state index contributed by atoms with van der Waals surface area (Å²) in [7, 11) is 0. The number of nitrogens with two attached hydrogens (primary N) is 1. The summed E-state index contributed by atoms with van der Waals surface area (Å²) in [6, 6.07) is 1.79. The molecule has 12 heteroatoms. The summed E-state index contributed by atoms with van der Waals surface area (Å²) in [6.45, 7) is -0.620. The summed E-state index contributed by atoms with van der Waals surface area (Å²) in [4.78, 5) is 7.41. The molecule has 2 aromatic rings. The number of aromatic hydroxyl groups is 1. The zero-order chi connectivity index (χ0) is 17.0. The van der Waals surface area contributed by atoms with Crippen LogP contribution in [0, 0.1) is 11.3 Å². The molecule has 0 amide bonds. The number of fused-ring (bicyclic) bond motifs is 1. The Morgan fingerprint density at radius 3 is 2.78 bits per heavy atom. The average Bonchev–Trinajstić information content (AvgIpc) is 2.99. The van der Waals surface area contributed by atoms with Crippen LogP contribution < -0.4 is 5.73 Å². The smallest absolute Gasteiger partial charge is 0.260 e. The Hall–Kier alpha value is -1.90. The number of nitrogen functional groups attached to an aromatic ring is 1. The van der Waals surface area contributed by atoms with Gasteiger partial charge in [-0.2, -0.15) is 10.2 Å². The second-order valence-electron chi connectivity index (χ2n) is 4.87. The minimum atomic E-state index is -2.14. The standard InChI is InChI=1S/C11H10Cl2N6O4/c12-11(13)6(21)4(2-20)23-10(11,3-14)5-1-16-7-8(22)17-9(15)18-19(5)7/h1,4,6,20-21H,2H2,(H3,15,17,18,22)/t4-,6+,10+/m1/s1. The summed E-state index contributed by atoms with van der Waals surface area (Å²) >= 11 is 12.3. The van der Waals surface area contributed by atoms with Crippen LogP contribution in [-0.2, 0) is 10.3 Å². The van der Waals surface area contributed by atoms with E-state index in [4.69, 9.17) is 33.7 Å². The van der Waals surface area contributed by atoms with Crippen LogP contribution >= 0.6 is 23.2 Å². The van der Waals surface area contributed by atoms with E-state index >= 15 is 0 Å². The molecular formula is C11H10Cl2N6O4. The molecule has 23 heavy (non-hydrogen) atoms. The number of aliphatic hydroxyl groups excluding tert-OH is 2. The molecule has 3 heterocycles. The number of hydrogen-bond donors (Lipinski definition) is 4. The van der Waals surface area contributed by atoms with Crippen LogP contribution in [0.15, 0.2) is 6.20 Å². The van der Waals surface area contributed by atoms with E-state index in [0.717, 1.165) is 10.7 Å². The molecule has 1 aliphatic heterocycles. The van der Waals surface area contributed by atoms with Gasteiger partial charge in [0.2, 0.25) is 17.2 Å². The fourth-order valence-corrected chi connectivity index (χ4v) is 3.11. The van der Waals surface area contributed by atoms with E-state index in [-0.39, 0.29) is 17.3 Å². The van der Waals surface area contributed by atoms with E-state index in [1.807, 2.05) is 0 Å². The summed E-state index contributed by atoms with van der Waals surface area (Å²) in [5, 5.41) is 42.6. The van der Waals surface area contributed by atoms with Crippen LogP contribution in [0.5, 0.6) is 5.88 Å². The first-order valence-corrected chi connectivity index (χ1v) is 7.00. The molecule has 0 aliphatic carbocycles. The van der Waals surface area contributed by atoms with Gasteiger partial charge < -0.3 is 25.8 Å². The van der Waals surface area contributed by atoms with Gasteiger partial charge >= 0.3 is 0 Å². The van der Waals surface area contributed by atoms with Gasteiger partial charge in [-0.05, 0) is 0 Å². The van der Waals surface area contributed by atoms with Gasteiger partial charge in [-0.15, -0.1) is 5.10 Å². The fraction of sp³-hybridized carbons (Fsp3) is 0.455. The van der Waals surface area contributed by atoms with Gasteiger partial charge in [-0.25, -0.2) is 9.50 Å². The second kappa shape index (κ2) is 5.05. The van der Waals surface area contributed by atoms with Crippen molar-refractivity contribution < 1.29 is 20.1 Å². The van der Waals surface area contributed by atoms with Crippen molar-refractivity contribution in [1.29, 1.82) is 5.26 Å². The van der Waals surface area contributed by atoms with Crippen LogP contribution in [0.1, 0.15) is 5.69 Å². The first-order chi connectivity index (χ1) is 10.8. The second-order valence-corrected chi connectivity index (χ2v) is 6.26. The number of aromatic nitrogens is 4. The molecule has 122 valence electrons. The van der Waals surface area contributed by atoms with Crippen molar-refractivity contribution in [2.45, 2.75) is 22.1 Å². The molecule has 10 nitrogen and oxygen atoms in total. The van der Waals surface area contributed by atoms with Crippen molar-refractivity contribution in [3.05, 3.63) is 11.9 Å². The van der Waals surface area contributed by atoms with Crippen molar-refractivity contribution in [1.82, 2.24) is 19.6 Å². The molecule has 1 fully saturated rings. The molecule has 0 bridgehead atoms. The third-order valence-corrected chi connectivity index (χ3v) is 4.56. The van der Waals surface area contributed by atoms with Crippen molar-refractivity contribution in [2.75, 3.05) is 12.3 Å². The van der Waals surface area contributed by atoms with Crippen LogP contribution in [0.25, 0.3) is 5.65 Å². The molecule has 1 saturated heterocycles. The Labute approximate surface area is 138 Å². The number of aliphatic hydroxyl groups is 2.